The number of aromatic nitrogens is 3. The maximum absolute atomic E-state index is 12.7. The topological polar surface area (TPSA) is 69.0 Å². The van der Waals surface area contributed by atoms with Crippen molar-refractivity contribution in [2.24, 2.45) is 0 Å². The number of nitrogens with zero attached hydrogens (tertiary/aromatic N) is 3. The van der Waals surface area contributed by atoms with Gasteiger partial charge in [-0.15, -0.1) is 0 Å². The van der Waals surface area contributed by atoms with E-state index >= 15 is 0 Å². The second kappa shape index (κ2) is 7.81. The second-order valence-electron chi connectivity index (χ2n) is 6.54. The smallest absolute Gasteiger partial charge is 0.271 e. The Kier molecular flexibility index (Phi) is 5.24. The fourth-order valence-corrected chi connectivity index (χ4v) is 3.80. The summed E-state index contributed by atoms with van der Waals surface area (Å²) in [5, 5.41) is 8.07. The van der Waals surface area contributed by atoms with Gasteiger partial charge in [-0.1, -0.05) is 23.2 Å². The molecule has 1 atom stereocenters. The van der Waals surface area contributed by atoms with Gasteiger partial charge in [-0.25, -0.2) is 9.67 Å². The molecule has 28 heavy (non-hydrogen) atoms. The molecular formula is C20H18Cl2N4O2. The molecule has 0 spiro atoms. The summed E-state index contributed by atoms with van der Waals surface area (Å²) in [7, 11) is 1.64. The molecule has 0 radical (unpaired) electrons. The van der Waals surface area contributed by atoms with Crippen LogP contribution in [-0.2, 0) is 6.42 Å². The Hall–Kier alpha value is -2.57. The summed E-state index contributed by atoms with van der Waals surface area (Å²) in [6.07, 6.45) is 4.47. The summed E-state index contributed by atoms with van der Waals surface area (Å²) in [6, 6.07) is 10.7. The monoisotopic (exact) mass is 416 g/mol. The summed E-state index contributed by atoms with van der Waals surface area (Å²) in [4.78, 5) is 16.7. The van der Waals surface area contributed by atoms with Gasteiger partial charge in [0.15, 0.2) is 0 Å². The Bertz CT molecular complexity index is 1020. The molecule has 0 fully saturated rings. The zero-order valence-corrected chi connectivity index (χ0v) is 16.7. The number of benzene rings is 1. The highest BCUT2D eigenvalue weighted by Gasteiger charge is 2.27. The number of amides is 1. The molecule has 3 aromatic rings. The van der Waals surface area contributed by atoms with Gasteiger partial charge in [-0.3, -0.25) is 4.79 Å². The molecule has 6 nitrogen and oxygen atoms in total. The van der Waals surface area contributed by atoms with Crippen LogP contribution in [0.15, 0.2) is 42.6 Å². The van der Waals surface area contributed by atoms with E-state index in [2.05, 4.69) is 15.4 Å². The lowest BCUT2D eigenvalue weighted by atomic mass is 9.92. The fraction of sp³-hybridized carbons (Fsp3) is 0.250. The first kappa shape index (κ1) is 18.8. The van der Waals surface area contributed by atoms with E-state index in [0.29, 0.717) is 0 Å². The summed E-state index contributed by atoms with van der Waals surface area (Å²) < 4.78 is 7.13. The van der Waals surface area contributed by atoms with Crippen molar-refractivity contribution in [2.45, 2.75) is 25.3 Å². The third-order valence-corrected chi connectivity index (χ3v) is 5.35. The fourth-order valence-electron chi connectivity index (χ4n) is 3.46. The van der Waals surface area contributed by atoms with Crippen LogP contribution >= 0.6 is 23.2 Å². The molecule has 0 saturated carbocycles. The number of ether oxygens (including phenoxy) is 1. The Morgan fingerprint density at radius 1 is 1.21 bits per heavy atom. The zero-order chi connectivity index (χ0) is 19.7. The zero-order valence-electron chi connectivity index (χ0n) is 15.2. The van der Waals surface area contributed by atoms with E-state index in [1.54, 1.807) is 19.2 Å². The van der Waals surface area contributed by atoms with E-state index < -0.39 is 0 Å². The molecular weight excluding hydrogens is 399 g/mol. The first-order valence-corrected chi connectivity index (χ1v) is 9.66. The molecule has 1 aromatic carbocycles. The van der Waals surface area contributed by atoms with Gasteiger partial charge in [0.2, 0.25) is 0 Å². The van der Waals surface area contributed by atoms with Gasteiger partial charge in [0, 0.05) is 11.3 Å². The number of fused-ring (bicyclic) bond motifs is 1. The highest BCUT2D eigenvalue weighted by molar-refractivity contribution is 6.34. The third kappa shape index (κ3) is 3.57. The van der Waals surface area contributed by atoms with Crippen LogP contribution in [0.1, 0.15) is 40.6 Å². The third-order valence-electron chi connectivity index (χ3n) is 4.83. The first-order valence-electron chi connectivity index (χ1n) is 8.91. The van der Waals surface area contributed by atoms with E-state index in [1.807, 2.05) is 35.1 Å². The number of nitrogens with one attached hydrogen (secondary N) is 1. The number of rotatable bonds is 4. The standard InChI is InChI=1S/C20H18Cl2N4O2/c1-28-13-7-5-12(6-8-13)26-17-4-2-3-16(14(17)11-23-26)24-20(27)19-15(21)9-10-18(22)25-19/h5-11,16H,2-4H2,1H3,(H,24,27). The predicted molar refractivity (Wildman–Crippen MR) is 108 cm³/mol. The van der Waals surface area contributed by atoms with Gasteiger partial charge in [-0.2, -0.15) is 5.10 Å². The summed E-state index contributed by atoms with van der Waals surface area (Å²) in [6.45, 7) is 0. The molecule has 4 rings (SSSR count). The number of hydrogen-bond donors (Lipinski definition) is 1. The minimum atomic E-state index is -0.345. The SMILES string of the molecule is COc1ccc(-n2ncc3c2CCCC3NC(=O)c2nc(Cl)ccc2Cl)cc1. The van der Waals surface area contributed by atoms with Gasteiger partial charge >= 0.3 is 0 Å². The van der Waals surface area contributed by atoms with E-state index in [-0.39, 0.29) is 27.8 Å². The minimum absolute atomic E-state index is 0.129. The second-order valence-corrected chi connectivity index (χ2v) is 7.33. The molecule has 1 unspecified atom stereocenters. The maximum Gasteiger partial charge on any atom is 0.271 e. The van der Waals surface area contributed by atoms with Crippen LogP contribution in [0.4, 0.5) is 0 Å². The highest BCUT2D eigenvalue weighted by atomic mass is 35.5. The lowest BCUT2D eigenvalue weighted by Gasteiger charge is -2.24. The Morgan fingerprint density at radius 2 is 2.00 bits per heavy atom. The van der Waals surface area contributed by atoms with Crippen molar-refractivity contribution in [1.82, 2.24) is 20.1 Å². The summed E-state index contributed by atoms with van der Waals surface area (Å²) in [5.41, 5.74) is 3.18. The molecule has 0 bridgehead atoms. The normalized spacial score (nSPS) is 15.8. The van der Waals surface area contributed by atoms with Crippen LogP contribution in [0.5, 0.6) is 5.75 Å². The average molecular weight is 417 g/mol. The largest absolute Gasteiger partial charge is 0.497 e. The molecule has 0 saturated heterocycles. The van der Waals surface area contributed by atoms with Gasteiger partial charge < -0.3 is 10.1 Å². The highest BCUT2D eigenvalue weighted by Crippen LogP contribution is 2.32. The van der Waals surface area contributed by atoms with Crippen molar-refractivity contribution >= 4 is 29.1 Å². The molecule has 1 N–H and O–H groups in total. The number of pyridine rings is 1. The summed E-state index contributed by atoms with van der Waals surface area (Å²) >= 11 is 12.0. The number of halogens is 2. The van der Waals surface area contributed by atoms with E-state index in [9.17, 15) is 4.79 Å². The van der Waals surface area contributed by atoms with E-state index in [1.165, 1.54) is 0 Å². The molecule has 1 aliphatic rings. The molecule has 2 aromatic heterocycles. The lowest BCUT2D eigenvalue weighted by molar-refractivity contribution is 0.0928. The molecule has 1 aliphatic carbocycles. The quantitative estimate of drug-likeness (QED) is 0.640. The molecule has 2 heterocycles. The lowest BCUT2D eigenvalue weighted by Crippen LogP contribution is -2.31. The Morgan fingerprint density at radius 3 is 2.75 bits per heavy atom. The number of carbonyl (C=O) groups is 1. The van der Waals surface area contributed by atoms with Crippen molar-refractivity contribution in [2.75, 3.05) is 7.11 Å². The van der Waals surface area contributed by atoms with Crippen LogP contribution in [0.3, 0.4) is 0 Å². The van der Waals surface area contributed by atoms with Crippen molar-refractivity contribution in [1.29, 1.82) is 0 Å². The maximum atomic E-state index is 12.7. The van der Waals surface area contributed by atoms with Crippen molar-refractivity contribution in [3.8, 4) is 11.4 Å². The van der Waals surface area contributed by atoms with Crippen LogP contribution in [0, 0.1) is 0 Å². The van der Waals surface area contributed by atoms with Gasteiger partial charge in [-0.05, 0) is 55.7 Å². The van der Waals surface area contributed by atoms with Gasteiger partial charge in [0.05, 0.1) is 30.1 Å². The van der Waals surface area contributed by atoms with Gasteiger partial charge in [0.25, 0.3) is 5.91 Å². The molecule has 144 valence electrons. The number of carbonyl (C=O) groups excluding carboxylic acids is 1. The molecule has 1 amide bonds. The van der Waals surface area contributed by atoms with Crippen LogP contribution < -0.4 is 10.1 Å². The summed E-state index contributed by atoms with van der Waals surface area (Å²) in [5.74, 6) is 0.448. The number of methoxy groups -OCH3 is 1. The van der Waals surface area contributed by atoms with E-state index in [0.717, 1.165) is 42.0 Å². The van der Waals surface area contributed by atoms with Crippen molar-refractivity contribution < 1.29 is 9.53 Å². The molecule has 0 aliphatic heterocycles. The predicted octanol–water partition coefficient (Wildman–Crippen LogP) is 4.39. The van der Waals surface area contributed by atoms with E-state index in [4.69, 9.17) is 27.9 Å². The average Bonchev–Trinajstić information content (AvgIpc) is 3.15. The first-order chi connectivity index (χ1) is 13.6. The van der Waals surface area contributed by atoms with Gasteiger partial charge in [0.1, 0.15) is 16.6 Å². The molecule has 8 heteroatoms. The van der Waals surface area contributed by atoms with Crippen LogP contribution in [0.25, 0.3) is 5.69 Å². The number of hydrogen-bond acceptors (Lipinski definition) is 4. The van der Waals surface area contributed by atoms with Crippen LogP contribution in [-0.4, -0.2) is 27.8 Å². The Balaban J connectivity index is 1.60. The van der Waals surface area contributed by atoms with Crippen molar-refractivity contribution in [3.05, 3.63) is 69.7 Å². The Labute approximate surface area is 172 Å². The van der Waals surface area contributed by atoms with Crippen LogP contribution in [0.2, 0.25) is 10.2 Å². The minimum Gasteiger partial charge on any atom is -0.497 e. The van der Waals surface area contributed by atoms with Crippen molar-refractivity contribution in [3.63, 3.8) is 0 Å².